The predicted molar refractivity (Wildman–Crippen MR) is 99.2 cm³/mol. The molecular formula is C15H11BrClN5S. The molecule has 0 fully saturated rings. The average molecular weight is 409 g/mol. The van der Waals surface area contributed by atoms with E-state index >= 15 is 0 Å². The Hall–Kier alpha value is -1.96. The average Bonchev–Trinajstić information content (AvgIpc) is 3.16. The van der Waals surface area contributed by atoms with Crippen LogP contribution in [0.1, 0.15) is 0 Å². The summed E-state index contributed by atoms with van der Waals surface area (Å²) in [4.78, 5) is 13.0. The van der Waals surface area contributed by atoms with Crippen LogP contribution in [-0.2, 0) is 0 Å². The molecule has 0 radical (unpaired) electrons. The second kappa shape index (κ2) is 6.66. The molecule has 4 aromatic rings. The van der Waals surface area contributed by atoms with Gasteiger partial charge in [-0.15, -0.1) is 28.3 Å². The Labute approximate surface area is 151 Å². The minimum Gasteiger partial charge on any atom is -0.332 e. The Morgan fingerprint density at radius 1 is 1.13 bits per heavy atom. The van der Waals surface area contributed by atoms with Crippen LogP contribution in [-0.4, -0.2) is 19.4 Å². The van der Waals surface area contributed by atoms with Crippen LogP contribution in [0.15, 0.2) is 54.4 Å². The van der Waals surface area contributed by atoms with E-state index in [0.717, 1.165) is 27.9 Å². The van der Waals surface area contributed by atoms with Gasteiger partial charge in [0.05, 0.1) is 18.1 Å². The van der Waals surface area contributed by atoms with Crippen molar-refractivity contribution in [3.05, 3.63) is 59.5 Å². The number of anilines is 2. The Bertz CT molecular complexity index is 934. The third-order valence-corrected chi connectivity index (χ3v) is 4.19. The number of benzene rings is 1. The molecule has 4 rings (SSSR count). The minimum absolute atomic E-state index is 0. The van der Waals surface area contributed by atoms with Crippen molar-refractivity contribution in [2.24, 2.45) is 0 Å². The van der Waals surface area contributed by atoms with Gasteiger partial charge in [0.1, 0.15) is 5.69 Å². The second-order valence-corrected chi connectivity index (χ2v) is 5.91. The van der Waals surface area contributed by atoms with Crippen LogP contribution in [0.4, 0.5) is 10.8 Å². The molecule has 1 N–H and O–H groups in total. The van der Waals surface area contributed by atoms with E-state index in [-0.39, 0.29) is 17.0 Å². The number of nitrogens with zero attached hydrogens (tertiary/aromatic N) is 4. The van der Waals surface area contributed by atoms with Gasteiger partial charge in [0.15, 0.2) is 10.8 Å². The van der Waals surface area contributed by atoms with Crippen LogP contribution in [0.5, 0.6) is 0 Å². The van der Waals surface area contributed by atoms with Gasteiger partial charge in [0.25, 0.3) is 0 Å². The molecule has 3 aromatic heterocycles. The number of aromatic nitrogens is 4. The highest BCUT2D eigenvalue weighted by Crippen LogP contribution is 2.27. The fourth-order valence-electron chi connectivity index (χ4n) is 2.14. The Morgan fingerprint density at radius 3 is 2.78 bits per heavy atom. The summed E-state index contributed by atoms with van der Waals surface area (Å²) in [5.41, 5.74) is 3.57. The van der Waals surface area contributed by atoms with E-state index in [4.69, 9.17) is 11.6 Å². The van der Waals surface area contributed by atoms with Crippen LogP contribution in [0.25, 0.3) is 17.0 Å². The van der Waals surface area contributed by atoms with Gasteiger partial charge in [-0.3, -0.25) is 9.38 Å². The number of halogens is 2. The molecule has 8 heteroatoms. The Kier molecular flexibility index (Phi) is 4.61. The van der Waals surface area contributed by atoms with Crippen molar-refractivity contribution >= 4 is 56.4 Å². The van der Waals surface area contributed by atoms with Crippen molar-refractivity contribution in [1.82, 2.24) is 19.4 Å². The molecule has 0 atom stereocenters. The van der Waals surface area contributed by atoms with E-state index < -0.39 is 0 Å². The standard InChI is InChI=1S/C15H10ClN5S.BrH/c16-10-1-3-11(4-2-10)19-15-20-12(9-22-15)13-7-18-14-8-17-5-6-21(13)14;/h1-9H,(H,19,20);1H. The summed E-state index contributed by atoms with van der Waals surface area (Å²) in [6.07, 6.45) is 7.14. The van der Waals surface area contributed by atoms with Crippen LogP contribution >= 0.6 is 39.9 Å². The zero-order chi connectivity index (χ0) is 14.9. The highest BCUT2D eigenvalue weighted by molar-refractivity contribution is 8.93. The van der Waals surface area contributed by atoms with Crippen molar-refractivity contribution in [3.63, 3.8) is 0 Å². The smallest absolute Gasteiger partial charge is 0.187 e. The molecule has 0 unspecified atom stereocenters. The molecule has 23 heavy (non-hydrogen) atoms. The van der Waals surface area contributed by atoms with E-state index in [1.165, 1.54) is 0 Å². The van der Waals surface area contributed by atoms with Gasteiger partial charge in [-0.1, -0.05) is 11.6 Å². The van der Waals surface area contributed by atoms with E-state index in [0.29, 0.717) is 5.02 Å². The van der Waals surface area contributed by atoms with Gasteiger partial charge < -0.3 is 5.32 Å². The van der Waals surface area contributed by atoms with E-state index in [9.17, 15) is 0 Å². The normalized spacial score (nSPS) is 10.5. The summed E-state index contributed by atoms with van der Waals surface area (Å²) in [6.45, 7) is 0. The summed E-state index contributed by atoms with van der Waals surface area (Å²) in [6, 6.07) is 7.53. The number of hydrogen-bond donors (Lipinski definition) is 1. The quantitative estimate of drug-likeness (QED) is 0.527. The van der Waals surface area contributed by atoms with Crippen LogP contribution in [0.2, 0.25) is 5.02 Å². The number of nitrogens with one attached hydrogen (secondary N) is 1. The molecular weight excluding hydrogens is 398 g/mol. The number of imidazole rings is 1. The first-order valence-electron chi connectivity index (χ1n) is 6.55. The molecule has 116 valence electrons. The van der Waals surface area contributed by atoms with Crippen molar-refractivity contribution in [2.45, 2.75) is 0 Å². The van der Waals surface area contributed by atoms with Crippen molar-refractivity contribution < 1.29 is 0 Å². The highest BCUT2D eigenvalue weighted by Gasteiger charge is 2.10. The number of rotatable bonds is 3. The SMILES string of the molecule is Br.Clc1ccc(Nc2nc(-c3cnc4cnccn34)cs2)cc1. The first kappa shape index (κ1) is 15.9. The lowest BCUT2D eigenvalue weighted by Gasteiger charge is -2.01. The van der Waals surface area contributed by atoms with Gasteiger partial charge in [-0.25, -0.2) is 9.97 Å². The van der Waals surface area contributed by atoms with Crippen molar-refractivity contribution in [3.8, 4) is 11.4 Å². The molecule has 5 nitrogen and oxygen atoms in total. The maximum absolute atomic E-state index is 5.89. The largest absolute Gasteiger partial charge is 0.332 e. The van der Waals surface area contributed by atoms with Gasteiger partial charge in [0.2, 0.25) is 0 Å². The highest BCUT2D eigenvalue weighted by atomic mass is 79.9. The lowest BCUT2D eigenvalue weighted by Crippen LogP contribution is -1.91. The van der Waals surface area contributed by atoms with Gasteiger partial charge in [0, 0.05) is 28.5 Å². The van der Waals surface area contributed by atoms with E-state index in [1.54, 1.807) is 29.9 Å². The number of fused-ring (bicyclic) bond motifs is 1. The number of hydrogen-bond acceptors (Lipinski definition) is 5. The molecule has 0 aliphatic carbocycles. The van der Waals surface area contributed by atoms with E-state index in [2.05, 4.69) is 20.3 Å². The maximum Gasteiger partial charge on any atom is 0.187 e. The lowest BCUT2D eigenvalue weighted by molar-refractivity contribution is 1.12. The molecule has 0 amide bonds. The molecule has 0 saturated heterocycles. The van der Waals surface area contributed by atoms with Gasteiger partial charge in [-0.05, 0) is 24.3 Å². The van der Waals surface area contributed by atoms with Crippen LogP contribution in [0.3, 0.4) is 0 Å². The fraction of sp³-hybridized carbons (Fsp3) is 0. The number of thiazole rings is 1. The Morgan fingerprint density at radius 2 is 1.96 bits per heavy atom. The van der Waals surface area contributed by atoms with Crippen molar-refractivity contribution in [1.29, 1.82) is 0 Å². The van der Waals surface area contributed by atoms with Crippen LogP contribution in [0, 0.1) is 0 Å². The third kappa shape index (κ3) is 3.21. The Balaban J connectivity index is 0.00000156. The predicted octanol–water partition coefficient (Wildman–Crippen LogP) is 4.83. The molecule has 0 spiro atoms. The third-order valence-electron chi connectivity index (χ3n) is 3.18. The summed E-state index contributed by atoms with van der Waals surface area (Å²) < 4.78 is 1.97. The summed E-state index contributed by atoms with van der Waals surface area (Å²) >= 11 is 7.43. The summed E-state index contributed by atoms with van der Waals surface area (Å²) in [5, 5.41) is 6.80. The molecule has 0 bridgehead atoms. The molecule has 0 aliphatic rings. The first-order chi connectivity index (χ1) is 10.8. The monoisotopic (exact) mass is 407 g/mol. The van der Waals surface area contributed by atoms with Crippen molar-refractivity contribution in [2.75, 3.05) is 5.32 Å². The summed E-state index contributed by atoms with van der Waals surface area (Å²) in [5.74, 6) is 0. The summed E-state index contributed by atoms with van der Waals surface area (Å²) in [7, 11) is 0. The second-order valence-electron chi connectivity index (χ2n) is 4.62. The minimum atomic E-state index is 0. The molecule has 0 saturated carbocycles. The first-order valence-corrected chi connectivity index (χ1v) is 7.81. The van der Waals surface area contributed by atoms with Gasteiger partial charge >= 0.3 is 0 Å². The molecule has 3 heterocycles. The zero-order valence-electron chi connectivity index (χ0n) is 11.7. The fourth-order valence-corrected chi connectivity index (χ4v) is 2.99. The zero-order valence-corrected chi connectivity index (χ0v) is 15.0. The molecule has 1 aromatic carbocycles. The van der Waals surface area contributed by atoms with Crippen LogP contribution < -0.4 is 5.32 Å². The maximum atomic E-state index is 5.89. The molecule has 0 aliphatic heterocycles. The lowest BCUT2D eigenvalue weighted by atomic mass is 10.3. The van der Waals surface area contributed by atoms with Gasteiger partial charge in [-0.2, -0.15) is 0 Å². The van der Waals surface area contributed by atoms with E-state index in [1.807, 2.05) is 40.2 Å². The topological polar surface area (TPSA) is 55.1 Å².